The third-order valence-electron chi connectivity index (χ3n) is 4.88. The third-order valence-corrected chi connectivity index (χ3v) is 6.71. The number of thiazole rings is 2. The number of nitrogens with zero attached hydrogens (tertiary/aromatic N) is 2. The summed E-state index contributed by atoms with van der Waals surface area (Å²) in [6, 6.07) is 11.1. The molecule has 0 radical (unpaired) electrons. The molecule has 8 nitrogen and oxygen atoms in total. The number of hydrogen-bond donors (Lipinski definition) is 0. The highest BCUT2D eigenvalue weighted by atomic mass is 32.1. The summed E-state index contributed by atoms with van der Waals surface area (Å²) in [4.78, 5) is 21.5. The summed E-state index contributed by atoms with van der Waals surface area (Å²) < 4.78 is 26.7. The largest absolute Gasteiger partial charge is 0.493 e. The van der Waals surface area contributed by atoms with Crippen molar-refractivity contribution >= 4 is 28.6 Å². The van der Waals surface area contributed by atoms with Gasteiger partial charge in [0.25, 0.3) is 0 Å². The predicted octanol–water partition coefficient (Wildman–Crippen LogP) is 5.33. The fraction of sp³-hybridized carbons (Fsp3) is 0.208. The lowest BCUT2D eigenvalue weighted by Crippen LogP contribution is -2.05. The molecule has 4 aromatic rings. The molecule has 2 heterocycles. The van der Waals surface area contributed by atoms with Crippen LogP contribution in [-0.4, -0.2) is 44.4 Å². The molecule has 0 aliphatic rings. The maximum absolute atomic E-state index is 12.5. The van der Waals surface area contributed by atoms with Crippen LogP contribution in [0.1, 0.15) is 16.2 Å². The van der Waals surface area contributed by atoms with E-state index in [1.807, 2.05) is 35.7 Å². The van der Waals surface area contributed by atoms with Gasteiger partial charge in [0.05, 0.1) is 34.1 Å². The average molecular weight is 499 g/mol. The van der Waals surface area contributed by atoms with Crippen LogP contribution in [0.2, 0.25) is 0 Å². The first-order valence-corrected chi connectivity index (χ1v) is 11.8. The summed E-state index contributed by atoms with van der Waals surface area (Å²) in [7, 11) is 6.32. The second kappa shape index (κ2) is 10.5. The van der Waals surface area contributed by atoms with Crippen molar-refractivity contribution in [1.29, 1.82) is 0 Å². The topological polar surface area (TPSA) is 89.0 Å². The number of hydrogen-bond acceptors (Lipinski definition) is 10. The molecule has 0 saturated carbocycles. The number of carbonyl (C=O) groups is 1. The van der Waals surface area contributed by atoms with E-state index in [9.17, 15) is 4.79 Å². The quantitative estimate of drug-likeness (QED) is 0.286. The van der Waals surface area contributed by atoms with Crippen LogP contribution >= 0.6 is 22.7 Å². The first kappa shape index (κ1) is 23.5. The highest BCUT2D eigenvalue weighted by Crippen LogP contribution is 2.35. The van der Waals surface area contributed by atoms with Crippen LogP contribution in [0.15, 0.2) is 47.2 Å². The number of ether oxygens (including phenoxy) is 5. The fourth-order valence-corrected chi connectivity index (χ4v) is 4.75. The summed E-state index contributed by atoms with van der Waals surface area (Å²) in [5.41, 5.74) is 2.60. The normalized spacial score (nSPS) is 10.6. The van der Waals surface area contributed by atoms with Gasteiger partial charge in [-0.25, -0.2) is 14.8 Å². The smallest absolute Gasteiger partial charge is 0.358 e. The minimum atomic E-state index is -0.511. The Morgan fingerprint density at radius 2 is 1.26 bits per heavy atom. The van der Waals surface area contributed by atoms with E-state index in [1.54, 1.807) is 39.9 Å². The molecular formula is C24H22N2O6S2. The molecule has 0 N–H and O–H groups in total. The van der Waals surface area contributed by atoms with Gasteiger partial charge in [-0.3, -0.25) is 0 Å². The second-order valence-corrected chi connectivity index (χ2v) is 8.61. The Bertz CT molecular complexity index is 1300. The van der Waals surface area contributed by atoms with Gasteiger partial charge in [-0.15, -0.1) is 22.7 Å². The molecule has 34 heavy (non-hydrogen) atoms. The van der Waals surface area contributed by atoms with Gasteiger partial charge in [-0.05, 0) is 36.4 Å². The van der Waals surface area contributed by atoms with Crippen LogP contribution in [0.3, 0.4) is 0 Å². The van der Waals surface area contributed by atoms with E-state index in [0.29, 0.717) is 33.7 Å². The van der Waals surface area contributed by atoms with Crippen LogP contribution in [0.25, 0.3) is 21.1 Å². The summed E-state index contributed by atoms with van der Waals surface area (Å²) >= 11 is 2.81. The predicted molar refractivity (Wildman–Crippen MR) is 130 cm³/mol. The molecule has 0 amide bonds. The molecule has 176 valence electrons. The maximum atomic E-state index is 12.5. The molecule has 0 aliphatic carbocycles. The number of esters is 1. The van der Waals surface area contributed by atoms with Crippen molar-refractivity contribution in [2.75, 3.05) is 28.4 Å². The van der Waals surface area contributed by atoms with Gasteiger partial charge in [0.15, 0.2) is 28.7 Å². The highest BCUT2D eigenvalue weighted by Gasteiger charge is 2.16. The Kier molecular flexibility index (Phi) is 7.29. The third kappa shape index (κ3) is 4.97. The van der Waals surface area contributed by atoms with Gasteiger partial charge < -0.3 is 23.7 Å². The minimum Gasteiger partial charge on any atom is -0.493 e. The zero-order chi connectivity index (χ0) is 24.1. The molecule has 2 aromatic heterocycles. The number of methoxy groups -OCH3 is 4. The molecule has 0 fully saturated rings. The molecule has 0 bridgehead atoms. The molecule has 4 rings (SSSR count). The Labute approximate surface area is 204 Å². The Hall–Kier alpha value is -3.63. The van der Waals surface area contributed by atoms with Crippen LogP contribution in [0, 0.1) is 0 Å². The lowest BCUT2D eigenvalue weighted by Gasteiger charge is -2.08. The minimum absolute atomic E-state index is 0.0475. The highest BCUT2D eigenvalue weighted by molar-refractivity contribution is 7.13. The SMILES string of the molecule is COc1ccc(-c2nc(COC(=O)c3csc(-c4ccc(OC)c(OC)c4)n3)cs2)cc1OC. The van der Waals surface area contributed by atoms with Gasteiger partial charge in [-0.2, -0.15) is 0 Å². The van der Waals surface area contributed by atoms with E-state index in [2.05, 4.69) is 9.97 Å². The molecule has 2 aromatic carbocycles. The Balaban J connectivity index is 1.42. The zero-order valence-corrected chi connectivity index (χ0v) is 20.6. The van der Waals surface area contributed by atoms with Gasteiger partial charge in [0.2, 0.25) is 0 Å². The number of rotatable bonds is 9. The van der Waals surface area contributed by atoms with Crippen LogP contribution in [0.4, 0.5) is 0 Å². The van der Waals surface area contributed by atoms with Gasteiger partial charge in [-0.1, -0.05) is 0 Å². The molecular weight excluding hydrogens is 476 g/mol. The van der Waals surface area contributed by atoms with Crippen LogP contribution < -0.4 is 18.9 Å². The van der Waals surface area contributed by atoms with Crippen LogP contribution in [-0.2, 0) is 11.3 Å². The summed E-state index contributed by atoms with van der Waals surface area (Å²) in [5, 5.41) is 4.99. The van der Waals surface area contributed by atoms with Crippen molar-refractivity contribution in [1.82, 2.24) is 9.97 Å². The van der Waals surface area contributed by atoms with Crippen molar-refractivity contribution < 1.29 is 28.5 Å². The van der Waals surface area contributed by atoms with E-state index in [0.717, 1.165) is 16.1 Å². The molecule has 0 saturated heterocycles. The van der Waals surface area contributed by atoms with Gasteiger partial charge in [0, 0.05) is 21.9 Å². The molecule has 0 aliphatic heterocycles. The first-order chi connectivity index (χ1) is 16.6. The molecule has 0 spiro atoms. The number of carbonyl (C=O) groups excluding carboxylic acids is 1. The van der Waals surface area contributed by atoms with Gasteiger partial charge >= 0.3 is 5.97 Å². The number of aromatic nitrogens is 2. The summed E-state index contributed by atoms with van der Waals surface area (Å²) in [6.07, 6.45) is 0. The van der Waals surface area contributed by atoms with E-state index >= 15 is 0 Å². The number of benzene rings is 2. The molecule has 0 atom stereocenters. The van der Waals surface area contributed by atoms with Crippen molar-refractivity contribution in [2.24, 2.45) is 0 Å². The molecule has 10 heteroatoms. The van der Waals surface area contributed by atoms with Crippen LogP contribution in [0.5, 0.6) is 23.0 Å². The van der Waals surface area contributed by atoms with E-state index in [1.165, 1.54) is 22.7 Å². The van der Waals surface area contributed by atoms with Crippen molar-refractivity contribution in [2.45, 2.75) is 6.61 Å². The van der Waals surface area contributed by atoms with E-state index in [-0.39, 0.29) is 12.3 Å². The van der Waals surface area contributed by atoms with E-state index < -0.39 is 5.97 Å². The summed E-state index contributed by atoms with van der Waals surface area (Å²) in [5.74, 6) is 1.97. The van der Waals surface area contributed by atoms with Crippen molar-refractivity contribution in [3.8, 4) is 44.1 Å². The van der Waals surface area contributed by atoms with Crippen molar-refractivity contribution in [3.05, 3.63) is 58.5 Å². The first-order valence-electron chi connectivity index (χ1n) is 10.1. The standard InChI is InChI=1S/C24H22N2O6S2/c1-28-18-7-5-14(9-20(18)30-3)22-25-16(12-33-22)11-32-24(27)17-13-34-23(26-17)15-6-8-19(29-2)21(10-15)31-4/h5-10,12-13H,11H2,1-4H3. The Morgan fingerprint density at radius 1 is 0.735 bits per heavy atom. The Morgan fingerprint density at radius 3 is 1.82 bits per heavy atom. The fourth-order valence-electron chi connectivity index (χ4n) is 3.16. The monoisotopic (exact) mass is 498 g/mol. The lowest BCUT2D eigenvalue weighted by atomic mass is 10.2. The van der Waals surface area contributed by atoms with Gasteiger partial charge in [0.1, 0.15) is 16.6 Å². The van der Waals surface area contributed by atoms with E-state index in [4.69, 9.17) is 23.7 Å². The summed E-state index contributed by atoms with van der Waals surface area (Å²) in [6.45, 7) is 0.0475. The van der Waals surface area contributed by atoms with Crippen molar-refractivity contribution in [3.63, 3.8) is 0 Å². The average Bonchev–Trinajstić information content (AvgIpc) is 3.57. The second-order valence-electron chi connectivity index (χ2n) is 6.90. The maximum Gasteiger partial charge on any atom is 0.358 e. The zero-order valence-electron chi connectivity index (χ0n) is 19.0. The molecule has 0 unspecified atom stereocenters. The lowest BCUT2D eigenvalue weighted by molar-refractivity contribution is 0.0462.